The Morgan fingerprint density at radius 2 is 2.12 bits per heavy atom. The number of nitro groups is 1. The lowest BCUT2D eigenvalue weighted by atomic mass is 10.3. The molecule has 10 heteroatoms. The molecule has 1 amide bonds. The van der Waals surface area contributed by atoms with Gasteiger partial charge in [0.05, 0.1) is 4.92 Å². The molecular formula is C14H10ClN5O4. The molecule has 1 aromatic carbocycles. The van der Waals surface area contributed by atoms with Gasteiger partial charge in [0.25, 0.3) is 5.69 Å². The standard InChI is InChI=1S/C14H10ClN5O4/c15-10-5-4-9(7-11(10)20(23)24)16-13(21)8-19-14(22)18-6-2-1-3-12(18)17-19/h1-7H,8H2,(H,16,21). The normalized spacial score (nSPS) is 10.7. The minimum Gasteiger partial charge on any atom is -0.324 e. The maximum Gasteiger partial charge on any atom is 0.350 e. The highest BCUT2D eigenvalue weighted by molar-refractivity contribution is 6.32. The van der Waals surface area contributed by atoms with Crippen LogP contribution in [0.2, 0.25) is 5.02 Å². The molecule has 1 N–H and O–H groups in total. The highest BCUT2D eigenvalue weighted by Crippen LogP contribution is 2.27. The fourth-order valence-corrected chi connectivity index (χ4v) is 2.32. The number of pyridine rings is 1. The van der Waals surface area contributed by atoms with Crippen molar-refractivity contribution in [3.63, 3.8) is 0 Å². The van der Waals surface area contributed by atoms with Gasteiger partial charge in [-0.2, -0.15) is 0 Å². The third kappa shape index (κ3) is 2.97. The second kappa shape index (κ2) is 6.13. The van der Waals surface area contributed by atoms with Crippen LogP contribution in [0.25, 0.3) is 5.65 Å². The monoisotopic (exact) mass is 347 g/mol. The van der Waals surface area contributed by atoms with Gasteiger partial charge in [0.1, 0.15) is 11.6 Å². The predicted octanol–water partition coefficient (Wildman–Crippen LogP) is 1.70. The van der Waals surface area contributed by atoms with E-state index in [9.17, 15) is 19.7 Å². The first kappa shape index (κ1) is 15.7. The molecule has 0 aliphatic heterocycles. The SMILES string of the molecule is O=C(Cn1nc2ccccn2c1=O)Nc1ccc(Cl)c([N+](=O)[O-])c1. The highest BCUT2D eigenvalue weighted by Gasteiger charge is 2.15. The summed E-state index contributed by atoms with van der Waals surface area (Å²) in [5.41, 5.74) is -0.160. The number of halogens is 1. The van der Waals surface area contributed by atoms with Crippen LogP contribution in [0, 0.1) is 10.1 Å². The average Bonchev–Trinajstić information content (AvgIpc) is 2.85. The third-order valence-electron chi connectivity index (χ3n) is 3.21. The quantitative estimate of drug-likeness (QED) is 0.570. The average molecular weight is 348 g/mol. The van der Waals surface area contributed by atoms with Gasteiger partial charge in [-0.15, -0.1) is 5.10 Å². The van der Waals surface area contributed by atoms with Gasteiger partial charge >= 0.3 is 5.69 Å². The second-order valence-electron chi connectivity index (χ2n) is 4.84. The fraction of sp³-hybridized carbons (Fsp3) is 0.0714. The van der Waals surface area contributed by atoms with Gasteiger partial charge in [-0.25, -0.2) is 9.48 Å². The van der Waals surface area contributed by atoms with E-state index in [0.29, 0.717) is 5.65 Å². The molecule has 0 bridgehead atoms. The molecule has 2 aromatic heterocycles. The molecule has 0 radical (unpaired) electrons. The van der Waals surface area contributed by atoms with Gasteiger partial charge in [-0.05, 0) is 24.3 Å². The Balaban J connectivity index is 1.80. The molecule has 9 nitrogen and oxygen atoms in total. The van der Waals surface area contributed by atoms with Crippen molar-refractivity contribution in [2.24, 2.45) is 0 Å². The molecule has 0 unspecified atom stereocenters. The molecule has 122 valence electrons. The Labute approximate surface area is 139 Å². The number of aromatic nitrogens is 3. The molecule has 3 rings (SSSR count). The van der Waals surface area contributed by atoms with E-state index in [1.165, 1.54) is 16.5 Å². The van der Waals surface area contributed by atoms with E-state index in [1.54, 1.807) is 24.4 Å². The number of nitro benzene ring substituents is 1. The Bertz CT molecular complexity index is 1010. The molecule has 0 atom stereocenters. The number of benzene rings is 1. The minimum absolute atomic E-state index is 0.0328. The van der Waals surface area contributed by atoms with Crippen molar-refractivity contribution in [3.8, 4) is 0 Å². The van der Waals surface area contributed by atoms with Crippen molar-refractivity contribution in [3.05, 3.63) is 68.2 Å². The van der Waals surface area contributed by atoms with E-state index < -0.39 is 16.5 Å². The third-order valence-corrected chi connectivity index (χ3v) is 3.53. The molecular weight excluding hydrogens is 338 g/mol. The molecule has 0 aliphatic carbocycles. The number of hydrogen-bond acceptors (Lipinski definition) is 5. The summed E-state index contributed by atoms with van der Waals surface area (Å²) in [5, 5.41) is 17.3. The summed E-state index contributed by atoms with van der Waals surface area (Å²) >= 11 is 5.71. The van der Waals surface area contributed by atoms with Crippen LogP contribution in [-0.2, 0) is 11.3 Å². The first-order chi connectivity index (χ1) is 11.5. The van der Waals surface area contributed by atoms with Gasteiger partial charge in [-0.1, -0.05) is 17.7 Å². The Kier molecular flexibility index (Phi) is 4.00. The van der Waals surface area contributed by atoms with Gasteiger partial charge in [-0.3, -0.25) is 19.3 Å². The number of nitrogens with zero attached hydrogens (tertiary/aromatic N) is 4. The number of rotatable bonds is 4. The van der Waals surface area contributed by atoms with E-state index in [4.69, 9.17) is 11.6 Å². The Morgan fingerprint density at radius 1 is 1.33 bits per heavy atom. The maximum absolute atomic E-state index is 12.1. The van der Waals surface area contributed by atoms with Crippen molar-refractivity contribution in [1.29, 1.82) is 0 Å². The summed E-state index contributed by atoms with van der Waals surface area (Å²) in [6.45, 7) is -0.322. The molecule has 2 heterocycles. The van der Waals surface area contributed by atoms with E-state index in [0.717, 1.165) is 10.7 Å². The van der Waals surface area contributed by atoms with Gasteiger partial charge < -0.3 is 5.32 Å². The smallest absolute Gasteiger partial charge is 0.324 e. The summed E-state index contributed by atoms with van der Waals surface area (Å²) < 4.78 is 2.31. The molecule has 24 heavy (non-hydrogen) atoms. The van der Waals surface area contributed by atoms with E-state index in [1.807, 2.05) is 0 Å². The Morgan fingerprint density at radius 3 is 2.83 bits per heavy atom. The Hall–Kier alpha value is -3.20. The van der Waals surface area contributed by atoms with Crippen LogP contribution in [0.3, 0.4) is 0 Å². The fourth-order valence-electron chi connectivity index (χ4n) is 2.14. The van der Waals surface area contributed by atoms with Crippen LogP contribution in [0.15, 0.2) is 47.4 Å². The van der Waals surface area contributed by atoms with Crippen LogP contribution < -0.4 is 11.0 Å². The summed E-state index contributed by atoms with van der Waals surface area (Å²) in [7, 11) is 0. The first-order valence-corrected chi connectivity index (χ1v) is 7.11. The van der Waals surface area contributed by atoms with E-state index >= 15 is 0 Å². The van der Waals surface area contributed by atoms with Crippen LogP contribution in [0.1, 0.15) is 0 Å². The van der Waals surface area contributed by atoms with Crippen molar-refractivity contribution in [1.82, 2.24) is 14.2 Å². The lowest BCUT2D eigenvalue weighted by Crippen LogP contribution is -2.28. The van der Waals surface area contributed by atoms with E-state index in [-0.39, 0.29) is 22.9 Å². The number of amides is 1. The minimum atomic E-state index is -0.648. The largest absolute Gasteiger partial charge is 0.350 e. The van der Waals surface area contributed by atoms with Crippen LogP contribution in [0.5, 0.6) is 0 Å². The van der Waals surface area contributed by atoms with Crippen molar-refractivity contribution < 1.29 is 9.72 Å². The van der Waals surface area contributed by atoms with Crippen molar-refractivity contribution >= 4 is 34.5 Å². The van der Waals surface area contributed by atoms with Crippen LogP contribution in [-0.4, -0.2) is 25.0 Å². The van der Waals surface area contributed by atoms with Gasteiger partial charge in [0, 0.05) is 18.0 Å². The molecule has 3 aromatic rings. The lowest BCUT2D eigenvalue weighted by molar-refractivity contribution is -0.384. The highest BCUT2D eigenvalue weighted by atomic mass is 35.5. The zero-order chi connectivity index (χ0) is 17.3. The molecule has 0 saturated heterocycles. The number of nitrogens with one attached hydrogen (secondary N) is 1. The van der Waals surface area contributed by atoms with Crippen molar-refractivity contribution in [2.45, 2.75) is 6.54 Å². The zero-order valence-corrected chi connectivity index (χ0v) is 12.8. The lowest BCUT2D eigenvalue weighted by Gasteiger charge is -2.05. The van der Waals surface area contributed by atoms with Gasteiger partial charge in [0.15, 0.2) is 5.65 Å². The van der Waals surface area contributed by atoms with E-state index in [2.05, 4.69) is 10.4 Å². The maximum atomic E-state index is 12.1. The first-order valence-electron chi connectivity index (χ1n) is 6.74. The number of carbonyl (C=O) groups excluding carboxylic acids is 1. The summed E-state index contributed by atoms with van der Waals surface area (Å²) in [6.07, 6.45) is 1.54. The van der Waals surface area contributed by atoms with Crippen LogP contribution >= 0.6 is 11.6 Å². The molecule has 0 fully saturated rings. The topological polar surface area (TPSA) is 112 Å². The second-order valence-corrected chi connectivity index (χ2v) is 5.25. The number of carbonyl (C=O) groups is 1. The number of anilines is 1. The summed E-state index contributed by atoms with van der Waals surface area (Å²) in [6, 6.07) is 8.92. The van der Waals surface area contributed by atoms with Gasteiger partial charge in [0.2, 0.25) is 5.91 Å². The molecule has 0 aliphatic rings. The van der Waals surface area contributed by atoms with Crippen molar-refractivity contribution in [2.75, 3.05) is 5.32 Å². The predicted molar refractivity (Wildman–Crippen MR) is 86.2 cm³/mol. The molecule has 0 saturated carbocycles. The number of hydrogen-bond donors (Lipinski definition) is 1. The van der Waals surface area contributed by atoms with Crippen LogP contribution in [0.4, 0.5) is 11.4 Å². The zero-order valence-electron chi connectivity index (χ0n) is 12.0. The summed E-state index contributed by atoms with van der Waals surface area (Å²) in [5.74, 6) is -0.544. The molecule has 0 spiro atoms. The number of fused-ring (bicyclic) bond motifs is 1. The summed E-state index contributed by atoms with van der Waals surface area (Å²) in [4.78, 5) is 34.3.